The highest BCUT2D eigenvalue weighted by atomic mass is 32.2. The van der Waals surface area contributed by atoms with Crippen LogP contribution < -0.4 is 0 Å². The van der Waals surface area contributed by atoms with Gasteiger partial charge in [-0.15, -0.1) is 0 Å². The van der Waals surface area contributed by atoms with Crippen molar-refractivity contribution in [3.63, 3.8) is 0 Å². The summed E-state index contributed by atoms with van der Waals surface area (Å²) in [5.41, 5.74) is 0.265. The van der Waals surface area contributed by atoms with Crippen LogP contribution in [0.15, 0.2) is 60.7 Å². The number of hydrogen-bond donors (Lipinski definition) is 2. The molecule has 48 heavy (non-hydrogen) atoms. The van der Waals surface area contributed by atoms with Crippen LogP contribution in [0.25, 0.3) is 0 Å². The number of benzene rings is 2. The molecule has 3 heterocycles. The summed E-state index contributed by atoms with van der Waals surface area (Å²) in [4.78, 5) is 22.7. The van der Waals surface area contributed by atoms with Crippen molar-refractivity contribution in [2.75, 3.05) is 19.8 Å². The Hall–Kier alpha value is -1.55. The van der Waals surface area contributed by atoms with Gasteiger partial charge in [-0.25, -0.2) is 0 Å². The predicted molar refractivity (Wildman–Crippen MR) is 172 cm³/mol. The average Bonchev–Trinajstić information content (AvgIpc) is 3.61. The van der Waals surface area contributed by atoms with E-state index in [-0.39, 0.29) is 30.9 Å². The van der Waals surface area contributed by atoms with E-state index in [1.807, 2.05) is 0 Å². The first kappa shape index (κ1) is 37.7. The molecule has 5 rings (SSSR count). The fourth-order valence-corrected chi connectivity index (χ4v) is 13.0. The Morgan fingerprint density at radius 2 is 1.35 bits per heavy atom. The second kappa shape index (κ2) is 14.2. The van der Waals surface area contributed by atoms with Crippen LogP contribution in [0.5, 0.6) is 0 Å². The molecule has 0 bridgehead atoms. The average molecular weight is 735 g/mol. The largest absolute Gasteiger partial charge is 0.348 e. The highest BCUT2D eigenvalue weighted by Crippen LogP contribution is 2.71. The summed E-state index contributed by atoms with van der Waals surface area (Å²) in [7, 11) is -15.2. The zero-order valence-corrected chi connectivity index (χ0v) is 30.2. The molecular formula is C31H44O14P2S. The van der Waals surface area contributed by atoms with Gasteiger partial charge in [0.2, 0.25) is 0 Å². The highest BCUT2D eigenvalue weighted by Gasteiger charge is 2.62. The second-order valence-corrected chi connectivity index (χ2v) is 18.6. The van der Waals surface area contributed by atoms with Gasteiger partial charge in [0.1, 0.15) is 29.7 Å². The molecule has 2 aromatic rings. The third kappa shape index (κ3) is 8.00. The summed E-state index contributed by atoms with van der Waals surface area (Å²) < 4.78 is 104. The molecule has 2 aromatic carbocycles. The standard InChI is InChI=1S/C31H44O14P2S/c1-7-39-46(32,33)29(47(34,35)40-8-2)23(20-15-11-9-12-16-20)27(21-17-13-10-14-18-21)48(36,37)45-25-24(22-19-38-30(3,4)42-22)41-28-26(25)43-31(5,6)44-28/h9-18,22-29H,7-8,19H2,1-6H3,(H,32,33)(H,34,35)/t22-,23+,24-,25-,26-,27-,28-/m1/s1. The Labute approximate surface area is 281 Å². The van der Waals surface area contributed by atoms with Crippen LogP contribution >= 0.6 is 15.2 Å². The molecule has 9 atom stereocenters. The lowest BCUT2D eigenvalue weighted by Crippen LogP contribution is -2.46. The van der Waals surface area contributed by atoms with Crippen molar-refractivity contribution in [3.05, 3.63) is 71.8 Å². The molecule has 14 nitrogen and oxygen atoms in total. The molecule has 0 radical (unpaired) electrons. The molecule has 268 valence electrons. The van der Waals surface area contributed by atoms with Gasteiger partial charge in [-0.05, 0) is 52.7 Å². The first-order valence-corrected chi connectivity index (χ1v) is 20.5. The van der Waals surface area contributed by atoms with Crippen molar-refractivity contribution in [1.82, 2.24) is 0 Å². The van der Waals surface area contributed by atoms with E-state index in [9.17, 15) is 27.3 Å². The molecule has 2 unspecified atom stereocenters. The quantitative estimate of drug-likeness (QED) is 0.195. The van der Waals surface area contributed by atoms with Gasteiger partial charge in [-0.2, -0.15) is 8.42 Å². The van der Waals surface area contributed by atoms with E-state index in [1.54, 1.807) is 64.1 Å². The number of fused-ring (bicyclic) bond motifs is 1. The summed E-state index contributed by atoms with van der Waals surface area (Å²) in [6, 6.07) is 15.6. The van der Waals surface area contributed by atoms with Crippen LogP contribution in [0.4, 0.5) is 0 Å². The van der Waals surface area contributed by atoms with E-state index >= 15 is 0 Å². The Kier molecular flexibility index (Phi) is 11.2. The fourth-order valence-electron chi connectivity index (χ4n) is 6.49. The lowest BCUT2D eigenvalue weighted by molar-refractivity contribution is -0.230. The minimum Gasteiger partial charge on any atom is -0.348 e. The topological polar surface area (TPSA) is 183 Å². The van der Waals surface area contributed by atoms with Crippen molar-refractivity contribution in [1.29, 1.82) is 0 Å². The van der Waals surface area contributed by atoms with E-state index in [2.05, 4.69) is 0 Å². The predicted octanol–water partition coefficient (Wildman–Crippen LogP) is 5.02. The molecule has 3 aliphatic rings. The Morgan fingerprint density at radius 3 is 1.85 bits per heavy atom. The zero-order chi connectivity index (χ0) is 35.1. The third-order valence-corrected chi connectivity index (χ3v) is 14.9. The molecule has 0 aliphatic carbocycles. The van der Waals surface area contributed by atoms with Crippen LogP contribution in [0.3, 0.4) is 0 Å². The maximum Gasteiger partial charge on any atom is 0.343 e. The smallest absolute Gasteiger partial charge is 0.343 e. The van der Waals surface area contributed by atoms with Crippen LogP contribution in [-0.4, -0.2) is 85.7 Å². The minimum absolute atomic E-state index is 0.0569. The second-order valence-electron chi connectivity index (χ2n) is 12.6. The van der Waals surface area contributed by atoms with Gasteiger partial charge >= 0.3 is 15.2 Å². The minimum atomic E-state index is -5.10. The third-order valence-electron chi connectivity index (χ3n) is 8.24. The molecule has 0 spiro atoms. The molecule has 0 amide bonds. The Balaban J connectivity index is 1.68. The number of rotatable bonds is 14. The van der Waals surface area contributed by atoms with E-state index in [0.717, 1.165) is 0 Å². The zero-order valence-electron chi connectivity index (χ0n) is 27.6. The first-order chi connectivity index (χ1) is 22.4. The Morgan fingerprint density at radius 1 is 0.812 bits per heavy atom. The van der Waals surface area contributed by atoms with E-state index in [4.69, 9.17) is 36.9 Å². The fraction of sp³-hybridized carbons (Fsp3) is 0.613. The lowest BCUT2D eigenvalue weighted by atomic mass is 9.92. The number of ether oxygens (including phenoxy) is 5. The normalized spacial score (nSPS) is 31.0. The van der Waals surface area contributed by atoms with Gasteiger partial charge in [0.15, 0.2) is 23.3 Å². The van der Waals surface area contributed by atoms with E-state index < -0.39 is 84.2 Å². The van der Waals surface area contributed by atoms with Crippen molar-refractivity contribution in [2.45, 2.75) is 100 Å². The van der Waals surface area contributed by atoms with Gasteiger partial charge in [0, 0.05) is 5.92 Å². The van der Waals surface area contributed by atoms with Crippen LogP contribution in [-0.2, 0) is 56.2 Å². The maximum atomic E-state index is 14.9. The van der Waals surface area contributed by atoms with Crippen molar-refractivity contribution in [3.8, 4) is 0 Å². The van der Waals surface area contributed by atoms with Gasteiger partial charge < -0.3 is 42.5 Å². The molecular weight excluding hydrogens is 690 g/mol. The van der Waals surface area contributed by atoms with Crippen LogP contribution in [0, 0.1) is 0 Å². The van der Waals surface area contributed by atoms with Crippen LogP contribution in [0.1, 0.15) is 63.8 Å². The molecule has 17 heteroatoms. The molecule has 0 aromatic heterocycles. The summed E-state index contributed by atoms with van der Waals surface area (Å²) in [6.45, 7) is 9.02. The van der Waals surface area contributed by atoms with Gasteiger partial charge in [0.25, 0.3) is 10.1 Å². The van der Waals surface area contributed by atoms with Gasteiger partial charge in [-0.1, -0.05) is 60.7 Å². The summed E-state index contributed by atoms with van der Waals surface area (Å²) in [5.74, 6) is -3.84. The molecule has 0 saturated carbocycles. The van der Waals surface area contributed by atoms with Crippen molar-refractivity contribution in [2.24, 2.45) is 0 Å². The molecule has 2 N–H and O–H groups in total. The molecule has 3 saturated heterocycles. The van der Waals surface area contributed by atoms with Gasteiger partial charge in [0.05, 0.1) is 19.8 Å². The molecule has 3 aliphatic heterocycles. The first-order valence-electron chi connectivity index (χ1n) is 15.7. The SMILES string of the molecule is CCOP(=O)(O)C([C@@H](c1ccccc1)[C@@H](c1ccccc1)S(=O)(=O)O[C@H]1[C@H]2OC(C)(C)O[C@H]2O[C@@H]1[C@H]1COC(C)(C)O1)P(=O)(O)OCC. The van der Waals surface area contributed by atoms with E-state index in [1.165, 1.54) is 38.1 Å². The van der Waals surface area contributed by atoms with E-state index in [0.29, 0.717) is 0 Å². The van der Waals surface area contributed by atoms with Gasteiger partial charge in [-0.3, -0.25) is 13.3 Å². The van der Waals surface area contributed by atoms with Crippen molar-refractivity contribution < 1.29 is 64.2 Å². The maximum absolute atomic E-state index is 14.9. The number of hydrogen-bond acceptors (Lipinski definition) is 12. The van der Waals surface area contributed by atoms with Crippen LogP contribution in [0.2, 0.25) is 0 Å². The van der Waals surface area contributed by atoms with Crippen molar-refractivity contribution >= 4 is 25.3 Å². The molecule has 3 fully saturated rings. The summed E-state index contributed by atoms with van der Waals surface area (Å²) in [6.07, 6.45) is -5.22. The summed E-state index contributed by atoms with van der Waals surface area (Å²) >= 11 is 0. The monoisotopic (exact) mass is 734 g/mol. The lowest BCUT2D eigenvalue weighted by Gasteiger charge is -2.37. The summed E-state index contributed by atoms with van der Waals surface area (Å²) in [5, 5.41) is -4.10. The highest BCUT2D eigenvalue weighted by molar-refractivity contribution is 7.87. The Bertz CT molecular complexity index is 1580.